The number of nitrogens with one attached hydrogen (secondary N) is 1. The van der Waals surface area contributed by atoms with Crippen LogP contribution in [0, 0.1) is 11.7 Å². The van der Waals surface area contributed by atoms with Crippen LogP contribution in [0.5, 0.6) is 0 Å². The summed E-state index contributed by atoms with van der Waals surface area (Å²) in [5, 5.41) is 12.3. The maximum Gasteiger partial charge on any atom is 0.306 e. The zero-order valence-electron chi connectivity index (χ0n) is 16.0. The summed E-state index contributed by atoms with van der Waals surface area (Å²) in [5.41, 5.74) is 1.50. The van der Waals surface area contributed by atoms with Crippen molar-refractivity contribution in [2.45, 2.75) is 44.6 Å². The van der Waals surface area contributed by atoms with Gasteiger partial charge in [-0.1, -0.05) is 12.1 Å². The number of anilines is 2. The Morgan fingerprint density at radius 1 is 1.24 bits per heavy atom. The first-order valence-corrected chi connectivity index (χ1v) is 9.94. The van der Waals surface area contributed by atoms with Crippen LogP contribution >= 0.6 is 0 Å². The monoisotopic (exact) mass is 398 g/mol. The Hall–Kier alpha value is -3.03. The van der Waals surface area contributed by atoms with Gasteiger partial charge in [0.15, 0.2) is 5.82 Å². The number of benzene rings is 1. The van der Waals surface area contributed by atoms with Gasteiger partial charge in [-0.05, 0) is 44.2 Å². The Morgan fingerprint density at radius 2 is 2.03 bits per heavy atom. The molecule has 4 rings (SSSR count). The second kappa shape index (κ2) is 8.14. The van der Waals surface area contributed by atoms with Gasteiger partial charge in [0.25, 0.3) is 0 Å². The lowest BCUT2D eigenvalue weighted by Gasteiger charge is -2.26. The first-order valence-electron chi connectivity index (χ1n) is 9.94. The molecule has 2 fully saturated rings. The number of hydrogen-bond acceptors (Lipinski definition) is 5. The third-order valence-electron chi connectivity index (χ3n) is 5.66. The van der Waals surface area contributed by atoms with Crippen molar-refractivity contribution in [2.75, 3.05) is 16.8 Å². The van der Waals surface area contributed by atoms with Gasteiger partial charge in [-0.15, -0.1) is 0 Å². The molecule has 2 aliphatic rings. The van der Waals surface area contributed by atoms with Gasteiger partial charge >= 0.3 is 5.97 Å². The summed E-state index contributed by atoms with van der Waals surface area (Å²) in [5.74, 6) is -1.18. The molecule has 8 heteroatoms. The van der Waals surface area contributed by atoms with Crippen LogP contribution in [0.25, 0.3) is 11.3 Å². The van der Waals surface area contributed by atoms with E-state index in [4.69, 9.17) is 5.11 Å². The van der Waals surface area contributed by atoms with Crippen LogP contribution in [0.3, 0.4) is 0 Å². The Kier molecular flexibility index (Phi) is 5.42. The number of aliphatic carboxylic acids is 1. The lowest BCUT2D eigenvalue weighted by molar-refractivity contribution is -0.142. The van der Waals surface area contributed by atoms with E-state index < -0.39 is 11.8 Å². The number of carboxylic acid groups (broad SMARTS) is 1. The van der Waals surface area contributed by atoms with Crippen molar-refractivity contribution in [2.24, 2.45) is 5.92 Å². The second-order valence-corrected chi connectivity index (χ2v) is 7.62. The average molecular weight is 398 g/mol. The summed E-state index contributed by atoms with van der Waals surface area (Å²) < 4.78 is 14.5. The summed E-state index contributed by atoms with van der Waals surface area (Å²) in [7, 11) is 0. The van der Waals surface area contributed by atoms with E-state index in [0.717, 1.165) is 18.3 Å². The van der Waals surface area contributed by atoms with E-state index in [1.807, 2.05) is 6.07 Å². The van der Waals surface area contributed by atoms with Gasteiger partial charge in [-0.3, -0.25) is 9.59 Å². The minimum Gasteiger partial charge on any atom is -0.481 e. The first-order chi connectivity index (χ1) is 14.0. The van der Waals surface area contributed by atoms with Gasteiger partial charge in [0, 0.05) is 30.3 Å². The molecule has 1 aliphatic heterocycles. The van der Waals surface area contributed by atoms with Gasteiger partial charge in [0.2, 0.25) is 11.9 Å². The number of carboxylic acids is 1. The van der Waals surface area contributed by atoms with Crippen LogP contribution in [-0.2, 0) is 9.59 Å². The predicted molar refractivity (Wildman–Crippen MR) is 106 cm³/mol. The Bertz CT molecular complexity index is 928. The SMILES string of the molecule is O=C1CCCN1c1cccc(-c2nc(N[C@H]3CC[C@H](C(=O)O)CC3)ncc2F)c1. The van der Waals surface area contributed by atoms with Crippen molar-refractivity contribution >= 4 is 23.5 Å². The number of hydrogen-bond donors (Lipinski definition) is 2. The molecule has 29 heavy (non-hydrogen) atoms. The molecule has 1 aliphatic carbocycles. The Balaban J connectivity index is 1.52. The van der Waals surface area contributed by atoms with Crippen molar-refractivity contribution in [1.82, 2.24) is 9.97 Å². The number of aromatic nitrogens is 2. The summed E-state index contributed by atoms with van der Waals surface area (Å²) in [6.45, 7) is 0.667. The first kappa shape index (κ1) is 19.3. The molecule has 1 aromatic carbocycles. The Labute approximate surface area is 168 Å². The zero-order valence-corrected chi connectivity index (χ0v) is 16.0. The molecule has 1 amide bonds. The highest BCUT2D eigenvalue weighted by atomic mass is 19.1. The minimum absolute atomic E-state index is 0.0671. The van der Waals surface area contributed by atoms with E-state index in [2.05, 4.69) is 15.3 Å². The normalized spacial score (nSPS) is 22.0. The molecule has 1 saturated heterocycles. The molecule has 7 nitrogen and oxygen atoms in total. The third-order valence-corrected chi connectivity index (χ3v) is 5.66. The number of carbonyl (C=O) groups is 2. The number of nitrogens with zero attached hydrogens (tertiary/aromatic N) is 3. The molecule has 1 saturated carbocycles. The van der Waals surface area contributed by atoms with Crippen molar-refractivity contribution in [3.8, 4) is 11.3 Å². The van der Waals surface area contributed by atoms with Crippen LogP contribution in [0.15, 0.2) is 30.5 Å². The second-order valence-electron chi connectivity index (χ2n) is 7.62. The van der Waals surface area contributed by atoms with Gasteiger partial charge in [0.1, 0.15) is 5.69 Å². The predicted octanol–water partition coefficient (Wildman–Crippen LogP) is 3.46. The van der Waals surface area contributed by atoms with Crippen LogP contribution in [0.4, 0.5) is 16.0 Å². The molecule has 0 radical (unpaired) electrons. The number of carbonyl (C=O) groups excluding carboxylic acids is 1. The van der Waals surface area contributed by atoms with Gasteiger partial charge in [-0.25, -0.2) is 14.4 Å². The molecule has 0 spiro atoms. The fraction of sp³-hybridized carbons (Fsp3) is 0.429. The fourth-order valence-corrected chi connectivity index (χ4v) is 4.05. The molecular formula is C21H23FN4O3. The summed E-state index contributed by atoms with van der Waals surface area (Å²) in [4.78, 5) is 33.2. The van der Waals surface area contributed by atoms with Crippen molar-refractivity contribution in [3.05, 3.63) is 36.3 Å². The summed E-state index contributed by atoms with van der Waals surface area (Å²) >= 11 is 0. The lowest BCUT2D eigenvalue weighted by Crippen LogP contribution is -2.29. The highest BCUT2D eigenvalue weighted by Crippen LogP contribution is 2.29. The quantitative estimate of drug-likeness (QED) is 0.801. The number of rotatable bonds is 5. The average Bonchev–Trinajstić information content (AvgIpc) is 3.16. The third kappa shape index (κ3) is 4.21. The molecule has 0 atom stereocenters. The van der Waals surface area contributed by atoms with Crippen molar-refractivity contribution < 1.29 is 19.1 Å². The van der Waals surface area contributed by atoms with Crippen LogP contribution < -0.4 is 10.2 Å². The van der Waals surface area contributed by atoms with E-state index in [0.29, 0.717) is 50.2 Å². The fourth-order valence-electron chi connectivity index (χ4n) is 4.05. The molecule has 2 heterocycles. The molecule has 0 bridgehead atoms. The highest BCUT2D eigenvalue weighted by molar-refractivity contribution is 5.95. The van der Waals surface area contributed by atoms with Crippen LogP contribution in [0.2, 0.25) is 0 Å². The van der Waals surface area contributed by atoms with Crippen molar-refractivity contribution in [3.63, 3.8) is 0 Å². The topological polar surface area (TPSA) is 95.4 Å². The van der Waals surface area contributed by atoms with E-state index in [1.54, 1.807) is 23.1 Å². The van der Waals surface area contributed by atoms with E-state index in [9.17, 15) is 14.0 Å². The Morgan fingerprint density at radius 3 is 2.72 bits per heavy atom. The maximum atomic E-state index is 14.5. The molecule has 0 unspecified atom stereocenters. The largest absolute Gasteiger partial charge is 0.481 e. The minimum atomic E-state index is -0.750. The smallest absolute Gasteiger partial charge is 0.306 e. The summed E-state index contributed by atoms with van der Waals surface area (Å²) in [6.07, 6.45) is 5.12. The molecule has 1 aromatic heterocycles. The van der Waals surface area contributed by atoms with Crippen LogP contribution in [0.1, 0.15) is 38.5 Å². The molecule has 2 aromatic rings. The van der Waals surface area contributed by atoms with Crippen LogP contribution in [-0.4, -0.2) is 39.5 Å². The van der Waals surface area contributed by atoms with E-state index in [-0.39, 0.29) is 23.6 Å². The van der Waals surface area contributed by atoms with E-state index in [1.165, 1.54) is 0 Å². The maximum absolute atomic E-state index is 14.5. The van der Waals surface area contributed by atoms with Gasteiger partial charge in [-0.2, -0.15) is 0 Å². The zero-order chi connectivity index (χ0) is 20.4. The lowest BCUT2D eigenvalue weighted by atomic mass is 9.86. The van der Waals surface area contributed by atoms with Gasteiger partial charge in [0.05, 0.1) is 12.1 Å². The molecule has 2 N–H and O–H groups in total. The van der Waals surface area contributed by atoms with E-state index >= 15 is 0 Å². The standard InChI is InChI=1S/C21H23FN4O3/c22-17-12-23-21(24-15-8-6-13(7-9-15)20(28)29)25-19(17)14-3-1-4-16(11-14)26-10-2-5-18(26)27/h1,3-4,11-13,15H,2,5-10H2,(H,28,29)(H,23,24,25)/t13-,15-. The van der Waals surface area contributed by atoms with Gasteiger partial charge < -0.3 is 15.3 Å². The number of halogens is 1. The molecular weight excluding hydrogens is 375 g/mol. The molecule has 152 valence electrons. The number of amides is 1. The highest BCUT2D eigenvalue weighted by Gasteiger charge is 2.26. The van der Waals surface area contributed by atoms with Crippen molar-refractivity contribution in [1.29, 1.82) is 0 Å². The summed E-state index contributed by atoms with van der Waals surface area (Å²) in [6, 6.07) is 7.23.